The fourth-order valence-electron chi connectivity index (χ4n) is 1.86. The summed E-state index contributed by atoms with van der Waals surface area (Å²) in [5.41, 5.74) is 0.840. The molecule has 1 N–H and O–H groups in total. The first-order valence-corrected chi connectivity index (χ1v) is 8.10. The quantitative estimate of drug-likeness (QED) is 0.852. The molecule has 20 heavy (non-hydrogen) atoms. The van der Waals surface area contributed by atoms with E-state index in [1.165, 1.54) is 4.88 Å². The van der Waals surface area contributed by atoms with E-state index in [9.17, 15) is 4.79 Å². The van der Waals surface area contributed by atoms with E-state index in [2.05, 4.69) is 39.1 Å². The molecule has 0 spiro atoms. The SMILES string of the molecule is CCN(CC(=O)Nc1ccccc1)Cc1ccc(Br)s1. The molecular formula is C15H17BrN2OS. The molecule has 2 rings (SSSR count). The molecule has 2 aromatic rings. The van der Waals surface area contributed by atoms with Gasteiger partial charge >= 0.3 is 0 Å². The van der Waals surface area contributed by atoms with Crippen LogP contribution in [0.25, 0.3) is 0 Å². The first kappa shape index (κ1) is 15.2. The lowest BCUT2D eigenvalue weighted by atomic mass is 10.3. The molecule has 0 saturated heterocycles. The Hall–Kier alpha value is -1.17. The maximum Gasteiger partial charge on any atom is 0.238 e. The van der Waals surface area contributed by atoms with E-state index in [4.69, 9.17) is 0 Å². The smallest absolute Gasteiger partial charge is 0.238 e. The van der Waals surface area contributed by atoms with Gasteiger partial charge in [0, 0.05) is 17.1 Å². The van der Waals surface area contributed by atoms with Crippen LogP contribution in [-0.2, 0) is 11.3 Å². The molecular weight excluding hydrogens is 336 g/mol. The summed E-state index contributed by atoms with van der Waals surface area (Å²) < 4.78 is 1.12. The van der Waals surface area contributed by atoms with Gasteiger partial charge in [-0.2, -0.15) is 0 Å². The summed E-state index contributed by atoms with van der Waals surface area (Å²) in [6.45, 7) is 4.12. The second-order valence-electron chi connectivity index (χ2n) is 4.42. The van der Waals surface area contributed by atoms with Crippen molar-refractivity contribution in [1.82, 2.24) is 4.90 Å². The summed E-state index contributed by atoms with van der Waals surface area (Å²) in [6.07, 6.45) is 0. The van der Waals surface area contributed by atoms with Gasteiger partial charge in [0.2, 0.25) is 5.91 Å². The normalized spacial score (nSPS) is 10.8. The van der Waals surface area contributed by atoms with Crippen LogP contribution in [0.15, 0.2) is 46.3 Å². The van der Waals surface area contributed by atoms with Crippen molar-refractivity contribution in [1.29, 1.82) is 0 Å². The van der Waals surface area contributed by atoms with Crippen LogP contribution in [0.5, 0.6) is 0 Å². The molecule has 0 bridgehead atoms. The third kappa shape index (κ3) is 4.74. The maximum atomic E-state index is 12.0. The molecule has 0 radical (unpaired) electrons. The number of thiophene rings is 1. The highest BCUT2D eigenvalue weighted by Gasteiger charge is 2.11. The van der Waals surface area contributed by atoms with E-state index in [1.807, 2.05) is 36.4 Å². The highest BCUT2D eigenvalue weighted by molar-refractivity contribution is 9.11. The van der Waals surface area contributed by atoms with Crippen LogP contribution < -0.4 is 5.32 Å². The van der Waals surface area contributed by atoms with Gasteiger partial charge in [0.05, 0.1) is 10.3 Å². The van der Waals surface area contributed by atoms with E-state index in [1.54, 1.807) is 11.3 Å². The van der Waals surface area contributed by atoms with Crippen molar-refractivity contribution >= 4 is 38.9 Å². The minimum Gasteiger partial charge on any atom is -0.325 e. The number of carbonyl (C=O) groups excluding carboxylic acids is 1. The number of benzene rings is 1. The molecule has 106 valence electrons. The predicted octanol–water partition coefficient (Wildman–Crippen LogP) is 3.97. The van der Waals surface area contributed by atoms with E-state index in [-0.39, 0.29) is 5.91 Å². The molecule has 0 fully saturated rings. The standard InChI is InChI=1S/C15H17BrN2OS/c1-2-18(10-13-8-9-14(16)20-13)11-15(19)17-12-6-4-3-5-7-12/h3-9H,2,10-11H2,1H3,(H,17,19). The molecule has 3 nitrogen and oxygen atoms in total. The Labute approximate surface area is 131 Å². The maximum absolute atomic E-state index is 12.0. The first-order chi connectivity index (χ1) is 9.67. The average molecular weight is 353 g/mol. The number of carbonyl (C=O) groups is 1. The first-order valence-electron chi connectivity index (χ1n) is 6.49. The van der Waals surface area contributed by atoms with Crippen LogP contribution in [-0.4, -0.2) is 23.9 Å². The molecule has 1 aromatic heterocycles. The Kier molecular flexibility index (Phi) is 5.76. The van der Waals surface area contributed by atoms with Crippen molar-refractivity contribution in [3.8, 4) is 0 Å². The number of hydrogen-bond acceptors (Lipinski definition) is 3. The third-order valence-corrected chi connectivity index (χ3v) is 4.49. The minimum atomic E-state index is 0.0219. The summed E-state index contributed by atoms with van der Waals surface area (Å²) in [7, 11) is 0. The van der Waals surface area contributed by atoms with Crippen molar-refractivity contribution < 1.29 is 4.79 Å². The molecule has 0 saturated carbocycles. The van der Waals surface area contributed by atoms with Gasteiger partial charge in [-0.3, -0.25) is 9.69 Å². The lowest BCUT2D eigenvalue weighted by Gasteiger charge is -2.19. The number of para-hydroxylation sites is 1. The molecule has 0 aliphatic carbocycles. The van der Waals surface area contributed by atoms with Crippen LogP contribution in [0.3, 0.4) is 0 Å². The Balaban J connectivity index is 1.88. The van der Waals surface area contributed by atoms with Gasteiger partial charge in [0.15, 0.2) is 0 Å². The third-order valence-electron chi connectivity index (χ3n) is 2.88. The number of nitrogens with one attached hydrogen (secondary N) is 1. The van der Waals surface area contributed by atoms with Crippen LogP contribution in [0.1, 0.15) is 11.8 Å². The van der Waals surface area contributed by atoms with Gasteiger partial charge in [-0.15, -0.1) is 11.3 Å². The average Bonchev–Trinajstić information content (AvgIpc) is 2.84. The molecule has 0 aliphatic rings. The van der Waals surface area contributed by atoms with Crippen LogP contribution >= 0.6 is 27.3 Å². The van der Waals surface area contributed by atoms with Crippen LogP contribution in [0, 0.1) is 0 Å². The molecule has 1 aromatic carbocycles. The summed E-state index contributed by atoms with van der Waals surface area (Å²) in [5.74, 6) is 0.0219. The van der Waals surface area contributed by atoms with E-state index >= 15 is 0 Å². The molecule has 5 heteroatoms. The van der Waals surface area contributed by atoms with Crippen molar-refractivity contribution in [2.24, 2.45) is 0 Å². The van der Waals surface area contributed by atoms with Crippen molar-refractivity contribution in [3.63, 3.8) is 0 Å². The highest BCUT2D eigenvalue weighted by Crippen LogP contribution is 2.23. The van der Waals surface area contributed by atoms with E-state index < -0.39 is 0 Å². The van der Waals surface area contributed by atoms with Gasteiger partial charge in [-0.25, -0.2) is 0 Å². The minimum absolute atomic E-state index is 0.0219. The summed E-state index contributed by atoms with van der Waals surface area (Å²) in [6, 6.07) is 13.7. The zero-order valence-corrected chi connectivity index (χ0v) is 13.7. The van der Waals surface area contributed by atoms with Gasteiger partial charge in [0.25, 0.3) is 0 Å². The summed E-state index contributed by atoms with van der Waals surface area (Å²) in [4.78, 5) is 15.4. The topological polar surface area (TPSA) is 32.3 Å². The van der Waals surface area contributed by atoms with E-state index in [0.29, 0.717) is 6.54 Å². The Morgan fingerprint density at radius 3 is 2.60 bits per heavy atom. The van der Waals surface area contributed by atoms with Crippen molar-refractivity contribution in [3.05, 3.63) is 51.1 Å². The molecule has 1 amide bonds. The van der Waals surface area contributed by atoms with Crippen molar-refractivity contribution in [2.75, 3.05) is 18.4 Å². The lowest BCUT2D eigenvalue weighted by Crippen LogP contribution is -2.32. The number of hydrogen-bond donors (Lipinski definition) is 1. The Morgan fingerprint density at radius 2 is 2.00 bits per heavy atom. The van der Waals surface area contributed by atoms with E-state index in [0.717, 1.165) is 22.6 Å². The highest BCUT2D eigenvalue weighted by atomic mass is 79.9. The fourth-order valence-corrected chi connectivity index (χ4v) is 3.39. The molecule has 0 atom stereocenters. The number of rotatable bonds is 6. The summed E-state index contributed by atoms with van der Waals surface area (Å²) in [5, 5.41) is 2.91. The van der Waals surface area contributed by atoms with Crippen LogP contribution in [0.4, 0.5) is 5.69 Å². The monoisotopic (exact) mass is 352 g/mol. The number of anilines is 1. The second-order valence-corrected chi connectivity index (χ2v) is 6.97. The number of amides is 1. The second kappa shape index (κ2) is 7.57. The van der Waals surface area contributed by atoms with Gasteiger partial charge in [-0.1, -0.05) is 25.1 Å². The van der Waals surface area contributed by atoms with Gasteiger partial charge in [-0.05, 0) is 46.7 Å². The van der Waals surface area contributed by atoms with Gasteiger partial charge in [0.1, 0.15) is 0 Å². The Morgan fingerprint density at radius 1 is 1.25 bits per heavy atom. The van der Waals surface area contributed by atoms with Gasteiger partial charge < -0.3 is 5.32 Å². The van der Waals surface area contributed by atoms with Crippen LogP contribution in [0.2, 0.25) is 0 Å². The number of halogens is 1. The Bertz CT molecular complexity index is 556. The van der Waals surface area contributed by atoms with Crippen molar-refractivity contribution in [2.45, 2.75) is 13.5 Å². The molecule has 0 unspecified atom stereocenters. The fraction of sp³-hybridized carbons (Fsp3) is 0.267. The predicted molar refractivity (Wildman–Crippen MR) is 88.0 cm³/mol. The largest absolute Gasteiger partial charge is 0.325 e. The number of nitrogens with zero attached hydrogens (tertiary/aromatic N) is 1. The molecule has 0 aliphatic heterocycles. The lowest BCUT2D eigenvalue weighted by molar-refractivity contribution is -0.117. The summed E-state index contributed by atoms with van der Waals surface area (Å²) >= 11 is 5.17. The zero-order chi connectivity index (χ0) is 14.4. The molecule has 1 heterocycles. The number of likely N-dealkylation sites (N-methyl/N-ethyl adjacent to an activating group) is 1. The zero-order valence-electron chi connectivity index (χ0n) is 11.3.